The van der Waals surface area contributed by atoms with Crippen LogP contribution in [-0.2, 0) is 0 Å². The molecule has 0 saturated carbocycles. The lowest BCUT2D eigenvalue weighted by Crippen LogP contribution is -2.39. The summed E-state index contributed by atoms with van der Waals surface area (Å²) in [7, 11) is 0. The Labute approximate surface area is 166 Å². The van der Waals surface area contributed by atoms with Gasteiger partial charge in [0.05, 0.1) is 0 Å². The molecule has 0 aromatic heterocycles. The van der Waals surface area contributed by atoms with Gasteiger partial charge in [0.15, 0.2) is 12.5 Å². The van der Waals surface area contributed by atoms with Gasteiger partial charge in [0.25, 0.3) is 0 Å². The summed E-state index contributed by atoms with van der Waals surface area (Å²) in [5, 5.41) is 29.2. The maximum atomic E-state index is 9.14. The van der Waals surface area contributed by atoms with Crippen LogP contribution >= 0.6 is 17.0 Å². The smallest absolute Gasteiger partial charge is 0.192 e. The standard InChI is InChI=1S/C20H43NO3.BrH/c1-2-3-4-5-6-7-8-9-10-11-12-13-14-15-16-17-18-21-19(22)20(23)24;/h19-24H,2-18H2,1H3;1H. The molecular weight excluding hydrogens is 382 g/mol. The Bertz CT molecular complexity index is 243. The van der Waals surface area contributed by atoms with E-state index in [1.54, 1.807) is 0 Å². The Kier molecular flexibility index (Phi) is 24.6. The zero-order valence-corrected chi connectivity index (χ0v) is 18.1. The van der Waals surface area contributed by atoms with Crippen molar-refractivity contribution in [3.8, 4) is 0 Å². The Balaban J connectivity index is 0. The summed E-state index contributed by atoms with van der Waals surface area (Å²) in [6.45, 7) is 2.91. The Morgan fingerprint density at radius 2 is 0.880 bits per heavy atom. The van der Waals surface area contributed by atoms with E-state index in [0.717, 1.165) is 12.8 Å². The molecule has 0 fully saturated rings. The molecule has 0 aliphatic rings. The number of aliphatic hydroxyl groups excluding tert-OH is 2. The highest BCUT2D eigenvalue weighted by atomic mass is 79.9. The molecule has 4 N–H and O–H groups in total. The lowest BCUT2D eigenvalue weighted by atomic mass is 10.0. The van der Waals surface area contributed by atoms with Crippen molar-refractivity contribution in [3.63, 3.8) is 0 Å². The molecule has 0 rings (SSSR count). The molecule has 25 heavy (non-hydrogen) atoms. The minimum atomic E-state index is -1.69. The molecule has 0 aromatic carbocycles. The van der Waals surface area contributed by atoms with Crippen molar-refractivity contribution in [1.82, 2.24) is 5.32 Å². The third-order valence-electron chi connectivity index (χ3n) is 4.67. The summed E-state index contributed by atoms with van der Waals surface area (Å²) < 4.78 is 0. The second-order valence-electron chi connectivity index (χ2n) is 7.12. The van der Waals surface area contributed by atoms with Crippen molar-refractivity contribution in [2.45, 2.75) is 122 Å². The molecule has 0 aromatic rings. The predicted octanol–water partition coefficient (Wildman–Crippen LogP) is 5.04. The number of unbranched alkanes of at least 4 members (excludes halogenated alkanes) is 15. The number of nitrogens with one attached hydrogen (secondary N) is 1. The SMILES string of the molecule is Br.CCCCCCCCCCCCCCCCCCNC(O)C(O)O. The van der Waals surface area contributed by atoms with Crippen LogP contribution in [0.25, 0.3) is 0 Å². The summed E-state index contributed by atoms with van der Waals surface area (Å²) in [4.78, 5) is 0. The summed E-state index contributed by atoms with van der Waals surface area (Å²) >= 11 is 0. The van der Waals surface area contributed by atoms with E-state index in [-0.39, 0.29) is 17.0 Å². The van der Waals surface area contributed by atoms with Gasteiger partial charge in [-0.25, -0.2) is 0 Å². The molecule has 1 unspecified atom stereocenters. The van der Waals surface area contributed by atoms with Crippen LogP contribution in [0.3, 0.4) is 0 Å². The highest BCUT2D eigenvalue weighted by Crippen LogP contribution is 2.13. The quantitative estimate of drug-likeness (QED) is 0.172. The Morgan fingerprint density at radius 1 is 0.560 bits per heavy atom. The van der Waals surface area contributed by atoms with Gasteiger partial charge in [-0.1, -0.05) is 103 Å². The maximum absolute atomic E-state index is 9.14. The van der Waals surface area contributed by atoms with E-state index < -0.39 is 12.5 Å². The van der Waals surface area contributed by atoms with Crippen LogP contribution in [0.4, 0.5) is 0 Å². The summed E-state index contributed by atoms with van der Waals surface area (Å²) in [6.07, 6.45) is 18.5. The van der Waals surface area contributed by atoms with E-state index in [1.807, 2.05) is 0 Å². The molecule has 5 heteroatoms. The average molecular weight is 426 g/mol. The number of rotatable bonds is 19. The first-order chi connectivity index (χ1) is 11.7. The Morgan fingerprint density at radius 3 is 1.20 bits per heavy atom. The highest BCUT2D eigenvalue weighted by molar-refractivity contribution is 8.93. The van der Waals surface area contributed by atoms with Crippen molar-refractivity contribution < 1.29 is 15.3 Å². The molecule has 0 amide bonds. The van der Waals surface area contributed by atoms with Gasteiger partial charge in [-0.15, -0.1) is 17.0 Å². The topological polar surface area (TPSA) is 72.7 Å². The minimum Gasteiger partial charge on any atom is -0.373 e. The first-order valence-electron chi connectivity index (χ1n) is 10.5. The molecule has 1 atom stereocenters. The zero-order chi connectivity index (χ0) is 17.9. The fourth-order valence-electron chi connectivity index (χ4n) is 3.03. The van der Waals surface area contributed by atoms with Crippen LogP contribution in [-0.4, -0.2) is 34.4 Å². The lowest BCUT2D eigenvalue weighted by Gasteiger charge is -2.13. The van der Waals surface area contributed by atoms with Crippen molar-refractivity contribution in [3.05, 3.63) is 0 Å². The van der Waals surface area contributed by atoms with E-state index >= 15 is 0 Å². The number of hydrogen-bond donors (Lipinski definition) is 4. The molecule has 0 heterocycles. The fraction of sp³-hybridized carbons (Fsp3) is 1.00. The number of halogens is 1. The summed E-state index contributed by atoms with van der Waals surface area (Å²) in [6, 6.07) is 0. The predicted molar refractivity (Wildman–Crippen MR) is 112 cm³/mol. The number of aliphatic hydroxyl groups is 3. The molecule has 0 saturated heterocycles. The van der Waals surface area contributed by atoms with Gasteiger partial charge in [0, 0.05) is 0 Å². The van der Waals surface area contributed by atoms with Gasteiger partial charge < -0.3 is 15.3 Å². The maximum Gasteiger partial charge on any atom is 0.192 e. The lowest BCUT2D eigenvalue weighted by molar-refractivity contribution is -0.132. The van der Waals surface area contributed by atoms with E-state index in [2.05, 4.69) is 12.2 Å². The zero-order valence-electron chi connectivity index (χ0n) is 16.4. The van der Waals surface area contributed by atoms with Gasteiger partial charge in [-0.05, 0) is 13.0 Å². The molecule has 0 bridgehead atoms. The molecule has 0 spiro atoms. The summed E-state index contributed by atoms with van der Waals surface area (Å²) in [5.41, 5.74) is 0. The van der Waals surface area contributed by atoms with Crippen LogP contribution in [0, 0.1) is 0 Å². The van der Waals surface area contributed by atoms with Crippen LogP contribution < -0.4 is 5.32 Å². The fourth-order valence-corrected chi connectivity index (χ4v) is 3.03. The number of hydrogen-bond acceptors (Lipinski definition) is 4. The Hall–Kier alpha value is 0.320. The van der Waals surface area contributed by atoms with E-state index in [9.17, 15) is 0 Å². The molecule has 0 radical (unpaired) electrons. The third kappa shape index (κ3) is 22.3. The van der Waals surface area contributed by atoms with Crippen LogP contribution in [0.1, 0.15) is 110 Å². The third-order valence-corrected chi connectivity index (χ3v) is 4.67. The van der Waals surface area contributed by atoms with E-state index in [1.165, 1.54) is 89.9 Å². The second kappa shape index (κ2) is 22.4. The molecule has 0 aliphatic carbocycles. The largest absolute Gasteiger partial charge is 0.373 e. The van der Waals surface area contributed by atoms with Crippen LogP contribution in [0.2, 0.25) is 0 Å². The van der Waals surface area contributed by atoms with Gasteiger partial charge in [-0.3, -0.25) is 5.32 Å². The van der Waals surface area contributed by atoms with Gasteiger partial charge in [-0.2, -0.15) is 0 Å². The van der Waals surface area contributed by atoms with Gasteiger partial charge in [0.1, 0.15) is 0 Å². The summed E-state index contributed by atoms with van der Waals surface area (Å²) in [5.74, 6) is 0. The van der Waals surface area contributed by atoms with Crippen molar-refractivity contribution in [1.29, 1.82) is 0 Å². The van der Waals surface area contributed by atoms with E-state index in [0.29, 0.717) is 6.54 Å². The van der Waals surface area contributed by atoms with Crippen molar-refractivity contribution in [2.24, 2.45) is 0 Å². The monoisotopic (exact) mass is 425 g/mol. The van der Waals surface area contributed by atoms with Crippen molar-refractivity contribution >= 4 is 17.0 Å². The van der Waals surface area contributed by atoms with E-state index in [4.69, 9.17) is 15.3 Å². The van der Waals surface area contributed by atoms with Gasteiger partial charge >= 0.3 is 0 Å². The average Bonchev–Trinajstić information content (AvgIpc) is 2.57. The van der Waals surface area contributed by atoms with Crippen LogP contribution in [0.5, 0.6) is 0 Å². The molecule has 154 valence electrons. The molecule has 0 aliphatic heterocycles. The first kappa shape index (κ1) is 27.5. The second-order valence-corrected chi connectivity index (χ2v) is 7.12. The first-order valence-corrected chi connectivity index (χ1v) is 10.5. The van der Waals surface area contributed by atoms with Crippen LogP contribution in [0.15, 0.2) is 0 Å². The normalized spacial score (nSPS) is 12.4. The molecular formula is C20H44BrNO3. The van der Waals surface area contributed by atoms with Crippen molar-refractivity contribution in [2.75, 3.05) is 6.54 Å². The molecule has 4 nitrogen and oxygen atoms in total. The minimum absolute atomic E-state index is 0. The van der Waals surface area contributed by atoms with Gasteiger partial charge in [0.2, 0.25) is 0 Å². The highest BCUT2D eigenvalue weighted by Gasteiger charge is 2.09.